The molecule has 3 aromatic rings. The first kappa shape index (κ1) is 23.0. The van der Waals surface area contributed by atoms with E-state index in [4.69, 9.17) is 16.3 Å². The average Bonchev–Trinajstić information content (AvgIpc) is 2.78. The summed E-state index contributed by atoms with van der Waals surface area (Å²) in [5, 5.41) is 10.1. The van der Waals surface area contributed by atoms with Crippen molar-refractivity contribution in [2.45, 2.75) is 31.0 Å². The molecule has 0 saturated carbocycles. The molecule has 0 amide bonds. The lowest BCUT2D eigenvalue weighted by atomic mass is 10.2. The Kier molecular flexibility index (Phi) is 6.26. The molecule has 33 heavy (non-hydrogen) atoms. The van der Waals surface area contributed by atoms with Crippen LogP contribution in [0, 0.1) is 11.3 Å². The monoisotopic (exact) mass is 484 g/mol. The molecule has 1 aliphatic heterocycles. The maximum absolute atomic E-state index is 13.4. The molecule has 0 radical (unpaired) electrons. The highest BCUT2D eigenvalue weighted by atomic mass is 35.5. The number of fused-ring (bicyclic) bond motifs is 1. The lowest BCUT2D eigenvalue weighted by Gasteiger charge is -2.36. The summed E-state index contributed by atoms with van der Waals surface area (Å²) in [5.41, 5.74) is -0.0314. The molecule has 170 valence electrons. The van der Waals surface area contributed by atoms with E-state index < -0.39 is 20.3 Å². The van der Waals surface area contributed by atoms with Gasteiger partial charge in [-0.05, 0) is 56.3 Å². The summed E-state index contributed by atoms with van der Waals surface area (Å²) in [4.78, 5) is 19.3. The van der Waals surface area contributed by atoms with Crippen molar-refractivity contribution in [3.05, 3.63) is 74.5 Å². The highest BCUT2D eigenvalue weighted by Crippen LogP contribution is 2.27. The minimum Gasteiger partial charge on any atom is -0.372 e. The van der Waals surface area contributed by atoms with E-state index >= 15 is 0 Å². The number of hydrogen-bond acceptors (Lipinski definition) is 7. The van der Waals surface area contributed by atoms with Gasteiger partial charge in [-0.2, -0.15) is 5.26 Å². The predicted octanol–water partition coefficient (Wildman–Crippen LogP) is 3.30. The highest BCUT2D eigenvalue weighted by molar-refractivity contribution is 7.95. The Labute approximate surface area is 196 Å². The van der Waals surface area contributed by atoms with Gasteiger partial charge >= 0.3 is 0 Å². The summed E-state index contributed by atoms with van der Waals surface area (Å²) in [7, 11) is -4.18. The fourth-order valence-electron chi connectivity index (χ4n) is 3.85. The summed E-state index contributed by atoms with van der Waals surface area (Å²) in [6.45, 7) is 4.76. The Morgan fingerprint density at radius 2 is 1.85 bits per heavy atom. The number of rotatable bonds is 4. The van der Waals surface area contributed by atoms with E-state index in [9.17, 15) is 18.5 Å². The molecule has 0 aliphatic carbocycles. The summed E-state index contributed by atoms with van der Waals surface area (Å²) in [5.74, 6) is 0.312. The molecule has 1 saturated heterocycles. The van der Waals surface area contributed by atoms with E-state index in [1.807, 2.05) is 18.7 Å². The molecule has 8 nitrogen and oxygen atoms in total. The molecule has 0 N–H and O–H groups in total. The van der Waals surface area contributed by atoms with Crippen molar-refractivity contribution >= 4 is 39.0 Å². The van der Waals surface area contributed by atoms with Gasteiger partial charge in [0, 0.05) is 24.3 Å². The van der Waals surface area contributed by atoms with Gasteiger partial charge in [-0.3, -0.25) is 9.20 Å². The first-order chi connectivity index (χ1) is 15.7. The minimum atomic E-state index is -4.18. The van der Waals surface area contributed by atoms with Crippen LogP contribution < -0.4 is 10.5 Å². The van der Waals surface area contributed by atoms with Crippen LogP contribution in [-0.4, -0.2) is 43.1 Å². The molecular formula is C23H21ClN4O4S. The summed E-state index contributed by atoms with van der Waals surface area (Å²) < 4.78 is 33.4. The number of aromatic nitrogens is 2. The Bertz CT molecular complexity index is 1430. The van der Waals surface area contributed by atoms with Gasteiger partial charge in [0.25, 0.3) is 5.56 Å². The number of pyridine rings is 1. The second kappa shape index (κ2) is 8.98. The second-order valence-corrected chi connectivity index (χ2v) is 10.2. The van der Waals surface area contributed by atoms with Crippen LogP contribution in [0.4, 0.5) is 5.82 Å². The number of nitrogens with zero attached hydrogens (tertiary/aromatic N) is 4. The molecule has 2 unspecified atom stereocenters. The zero-order chi connectivity index (χ0) is 23.8. The Morgan fingerprint density at radius 3 is 2.48 bits per heavy atom. The zero-order valence-corrected chi connectivity index (χ0v) is 19.5. The van der Waals surface area contributed by atoms with Crippen LogP contribution in [0.15, 0.2) is 63.3 Å². The third kappa shape index (κ3) is 4.50. The largest absolute Gasteiger partial charge is 0.372 e. The fraction of sp³-hybridized carbons (Fsp3) is 0.261. The van der Waals surface area contributed by atoms with Crippen molar-refractivity contribution in [1.29, 1.82) is 5.26 Å². The summed E-state index contributed by atoms with van der Waals surface area (Å²) in [6.07, 6.45) is 2.43. The lowest BCUT2D eigenvalue weighted by Crippen LogP contribution is -2.46. The van der Waals surface area contributed by atoms with E-state index in [-0.39, 0.29) is 22.7 Å². The van der Waals surface area contributed by atoms with Gasteiger partial charge in [-0.25, -0.2) is 13.4 Å². The number of sulfone groups is 1. The van der Waals surface area contributed by atoms with Crippen LogP contribution in [0.3, 0.4) is 0 Å². The maximum atomic E-state index is 13.4. The standard InChI is InChI=1S/C23H21ClN4O4S/c1-15-13-27(14-16(2)32-15)22-20(23(29)28-10-4-3-5-21(28)26-22)11-19(12-25)33(30,31)18-8-6-17(24)7-9-18/h3-11,15-16H,13-14H2,1-2H3/b19-11+. The smallest absolute Gasteiger partial charge is 0.267 e. The molecule has 3 heterocycles. The van der Waals surface area contributed by atoms with Crippen molar-refractivity contribution in [2.24, 2.45) is 0 Å². The maximum Gasteiger partial charge on any atom is 0.267 e. The quantitative estimate of drug-likeness (QED) is 0.523. The molecule has 1 aromatic carbocycles. The average molecular weight is 485 g/mol. The van der Waals surface area contributed by atoms with Gasteiger partial charge in [0.2, 0.25) is 9.84 Å². The number of benzene rings is 1. The topological polar surface area (TPSA) is 105 Å². The SMILES string of the molecule is CC1CN(c2nc3ccccn3c(=O)c2/C=C(\C#N)S(=O)(=O)c2ccc(Cl)cc2)CC(C)O1. The van der Waals surface area contributed by atoms with Gasteiger partial charge in [-0.15, -0.1) is 0 Å². The number of nitriles is 1. The van der Waals surface area contributed by atoms with E-state index in [1.165, 1.54) is 28.7 Å². The van der Waals surface area contributed by atoms with E-state index in [1.54, 1.807) is 30.5 Å². The molecule has 4 rings (SSSR count). The van der Waals surface area contributed by atoms with Crippen LogP contribution in [0.25, 0.3) is 11.7 Å². The van der Waals surface area contributed by atoms with Crippen molar-refractivity contribution in [3.8, 4) is 6.07 Å². The molecule has 0 spiro atoms. The van der Waals surface area contributed by atoms with Crippen LogP contribution in [0.1, 0.15) is 19.4 Å². The van der Waals surface area contributed by atoms with Gasteiger partial charge in [-0.1, -0.05) is 17.7 Å². The number of allylic oxidation sites excluding steroid dienone is 1. The molecule has 2 aromatic heterocycles. The third-order valence-electron chi connectivity index (χ3n) is 5.27. The predicted molar refractivity (Wildman–Crippen MR) is 126 cm³/mol. The van der Waals surface area contributed by atoms with Crippen LogP contribution in [0.2, 0.25) is 5.02 Å². The summed E-state index contributed by atoms with van der Waals surface area (Å²) >= 11 is 5.87. The Morgan fingerprint density at radius 1 is 1.18 bits per heavy atom. The zero-order valence-electron chi connectivity index (χ0n) is 18.0. The van der Waals surface area contributed by atoms with E-state index in [0.717, 1.165) is 6.08 Å². The van der Waals surface area contributed by atoms with Crippen molar-refractivity contribution in [1.82, 2.24) is 9.38 Å². The van der Waals surface area contributed by atoms with Crippen molar-refractivity contribution < 1.29 is 13.2 Å². The lowest BCUT2D eigenvalue weighted by molar-refractivity contribution is -0.00546. The molecule has 1 aliphatic rings. The van der Waals surface area contributed by atoms with Crippen molar-refractivity contribution in [3.63, 3.8) is 0 Å². The minimum absolute atomic E-state index is 0.0223. The molecule has 0 bridgehead atoms. The highest BCUT2D eigenvalue weighted by Gasteiger charge is 2.28. The summed E-state index contributed by atoms with van der Waals surface area (Å²) in [6, 6.07) is 12.4. The first-order valence-electron chi connectivity index (χ1n) is 10.2. The first-order valence-corrected chi connectivity index (χ1v) is 12.1. The number of anilines is 1. The van der Waals surface area contributed by atoms with Crippen LogP contribution in [0.5, 0.6) is 0 Å². The Hall–Kier alpha value is -3.19. The number of ether oxygens (including phenoxy) is 1. The fourth-order valence-corrected chi connectivity index (χ4v) is 5.12. The number of morpholine rings is 1. The van der Waals surface area contributed by atoms with Crippen LogP contribution >= 0.6 is 11.6 Å². The number of halogens is 1. The Balaban J connectivity index is 1.94. The molecule has 1 fully saturated rings. The van der Waals surface area contributed by atoms with Gasteiger partial charge < -0.3 is 9.64 Å². The second-order valence-electron chi connectivity index (χ2n) is 7.82. The van der Waals surface area contributed by atoms with E-state index in [2.05, 4.69) is 4.98 Å². The normalized spacial score (nSPS) is 19.5. The van der Waals surface area contributed by atoms with Gasteiger partial charge in [0.15, 0.2) is 0 Å². The van der Waals surface area contributed by atoms with Crippen molar-refractivity contribution in [2.75, 3.05) is 18.0 Å². The third-order valence-corrected chi connectivity index (χ3v) is 7.20. The van der Waals surface area contributed by atoms with Gasteiger partial charge in [0.1, 0.15) is 22.4 Å². The van der Waals surface area contributed by atoms with Crippen LogP contribution in [-0.2, 0) is 14.6 Å². The molecule has 10 heteroatoms. The number of hydrogen-bond donors (Lipinski definition) is 0. The molecule has 2 atom stereocenters. The van der Waals surface area contributed by atoms with E-state index in [0.29, 0.717) is 29.6 Å². The van der Waals surface area contributed by atoms with Gasteiger partial charge in [0.05, 0.1) is 22.7 Å². The molecular weight excluding hydrogens is 464 g/mol.